The Balaban J connectivity index is 5.16. The fraction of sp³-hybridized carbons (Fsp3) is 0.444. The molecule has 0 aliphatic carbocycles. The van der Waals surface area contributed by atoms with Gasteiger partial charge in [-0.05, 0) is 0 Å². The van der Waals surface area contributed by atoms with Crippen LogP contribution in [0.15, 0.2) is 11.6 Å². The molecule has 0 aliphatic heterocycles. The molecule has 14 heavy (non-hydrogen) atoms. The van der Waals surface area contributed by atoms with E-state index in [2.05, 4.69) is 0 Å². The molecule has 0 saturated heterocycles. The summed E-state index contributed by atoms with van der Waals surface area (Å²) < 4.78 is 0. The molecule has 0 radical (unpaired) electrons. The van der Waals surface area contributed by atoms with E-state index in [9.17, 15) is 14.4 Å². The van der Waals surface area contributed by atoms with E-state index in [-0.39, 0.29) is 0 Å². The van der Waals surface area contributed by atoms with Gasteiger partial charge >= 0.3 is 11.9 Å². The Labute approximate surface area is 81.0 Å². The summed E-state index contributed by atoms with van der Waals surface area (Å²) in [6.45, 7) is 4.57. The van der Waals surface area contributed by atoms with Crippen LogP contribution < -0.4 is 0 Å². The maximum atomic E-state index is 11.4. The van der Waals surface area contributed by atoms with Gasteiger partial charge in [0.25, 0.3) is 0 Å². The van der Waals surface area contributed by atoms with E-state index in [4.69, 9.17) is 10.2 Å². The Hall–Kier alpha value is -1.65. The van der Waals surface area contributed by atoms with E-state index in [1.54, 1.807) is 0 Å². The maximum Gasteiger partial charge on any atom is 0.339 e. The normalized spacial score (nSPS) is 12.4. The van der Waals surface area contributed by atoms with E-state index in [1.165, 1.54) is 20.8 Å². The van der Waals surface area contributed by atoms with Crippen molar-refractivity contribution in [2.24, 2.45) is 5.41 Å². The zero-order valence-corrected chi connectivity index (χ0v) is 8.20. The molecule has 0 aliphatic rings. The summed E-state index contributed by atoms with van der Waals surface area (Å²) in [5, 5.41) is 17.0. The van der Waals surface area contributed by atoms with E-state index >= 15 is 0 Å². The lowest BCUT2D eigenvalue weighted by Crippen LogP contribution is -2.26. The van der Waals surface area contributed by atoms with Gasteiger partial charge in [0.15, 0.2) is 5.78 Å². The summed E-state index contributed by atoms with van der Waals surface area (Å²) in [7, 11) is 0. The molecule has 78 valence electrons. The molecule has 2 N–H and O–H groups in total. The number of carboxylic acids is 2. The zero-order chi connectivity index (χ0) is 11.5. The molecule has 5 nitrogen and oxygen atoms in total. The SMILES string of the molecule is CC(C)(C)C(=O)C(=CC(=O)O)C(=O)O. The number of carboxylic acid groups (broad SMARTS) is 2. The number of aliphatic carboxylic acids is 2. The summed E-state index contributed by atoms with van der Waals surface area (Å²) in [5.41, 5.74) is -1.61. The van der Waals surface area contributed by atoms with Crippen LogP contribution in [0.3, 0.4) is 0 Å². The summed E-state index contributed by atoms with van der Waals surface area (Å²) in [4.78, 5) is 32.3. The minimum atomic E-state index is -1.52. The molecule has 0 atom stereocenters. The van der Waals surface area contributed by atoms with E-state index < -0.39 is 28.7 Å². The van der Waals surface area contributed by atoms with Crippen molar-refractivity contribution in [1.82, 2.24) is 0 Å². The van der Waals surface area contributed by atoms with Gasteiger partial charge in [0.05, 0.1) is 0 Å². The Morgan fingerprint density at radius 2 is 1.50 bits per heavy atom. The molecule has 0 aromatic rings. The van der Waals surface area contributed by atoms with Crippen LogP contribution >= 0.6 is 0 Å². The van der Waals surface area contributed by atoms with Crippen molar-refractivity contribution in [3.8, 4) is 0 Å². The fourth-order valence-electron chi connectivity index (χ4n) is 0.752. The first-order chi connectivity index (χ1) is 6.16. The van der Waals surface area contributed by atoms with Gasteiger partial charge in [0.2, 0.25) is 0 Å². The number of carbonyl (C=O) groups excluding carboxylic acids is 1. The topological polar surface area (TPSA) is 91.7 Å². The molecule has 0 unspecified atom stereocenters. The molecular formula is C9H12O5. The van der Waals surface area contributed by atoms with Gasteiger partial charge in [-0.15, -0.1) is 0 Å². The third kappa shape index (κ3) is 3.38. The highest BCUT2D eigenvalue weighted by atomic mass is 16.4. The Morgan fingerprint density at radius 1 is 1.07 bits per heavy atom. The molecule has 0 aromatic carbocycles. The van der Waals surface area contributed by atoms with Gasteiger partial charge in [-0.25, -0.2) is 9.59 Å². The van der Waals surface area contributed by atoms with Crippen molar-refractivity contribution in [2.75, 3.05) is 0 Å². The fourth-order valence-corrected chi connectivity index (χ4v) is 0.752. The van der Waals surface area contributed by atoms with Crippen LogP contribution in [0.25, 0.3) is 0 Å². The highest BCUT2D eigenvalue weighted by Crippen LogP contribution is 2.19. The molecule has 5 heteroatoms. The highest BCUT2D eigenvalue weighted by molar-refractivity contribution is 6.20. The second-order valence-corrected chi connectivity index (χ2v) is 3.78. The molecule has 0 heterocycles. The van der Waals surface area contributed by atoms with Crippen molar-refractivity contribution >= 4 is 17.7 Å². The molecule has 0 saturated carbocycles. The zero-order valence-electron chi connectivity index (χ0n) is 8.20. The van der Waals surface area contributed by atoms with Gasteiger partial charge in [0, 0.05) is 11.5 Å². The number of hydrogen-bond acceptors (Lipinski definition) is 3. The summed E-state index contributed by atoms with van der Waals surface area (Å²) in [5.74, 6) is -3.67. The van der Waals surface area contributed by atoms with Crippen LogP contribution in [0.4, 0.5) is 0 Å². The third-order valence-corrected chi connectivity index (χ3v) is 1.42. The van der Waals surface area contributed by atoms with Crippen LogP contribution in [0.1, 0.15) is 20.8 Å². The first-order valence-corrected chi connectivity index (χ1v) is 3.89. The van der Waals surface area contributed by atoms with E-state index in [0.717, 1.165) is 0 Å². The number of rotatable bonds is 3. The first-order valence-electron chi connectivity index (χ1n) is 3.89. The van der Waals surface area contributed by atoms with Crippen LogP contribution in [0.2, 0.25) is 0 Å². The minimum absolute atomic E-state index is 0.413. The van der Waals surface area contributed by atoms with Gasteiger partial charge in [-0.1, -0.05) is 20.8 Å². The van der Waals surface area contributed by atoms with Gasteiger partial charge < -0.3 is 10.2 Å². The standard InChI is InChI=1S/C9H12O5/c1-9(2,3)7(12)5(8(13)14)4-6(10)11/h4H,1-3H3,(H,10,11)(H,13,14). The average Bonchev–Trinajstić information content (AvgIpc) is 1.96. The number of ketones is 1. The van der Waals surface area contributed by atoms with Gasteiger partial charge in [-0.3, -0.25) is 4.79 Å². The quantitative estimate of drug-likeness (QED) is 0.397. The minimum Gasteiger partial charge on any atom is -0.478 e. The van der Waals surface area contributed by atoms with Crippen LogP contribution in [0.5, 0.6) is 0 Å². The molecule has 0 amide bonds. The van der Waals surface area contributed by atoms with Crippen molar-refractivity contribution in [1.29, 1.82) is 0 Å². The van der Waals surface area contributed by atoms with Crippen molar-refractivity contribution in [3.05, 3.63) is 11.6 Å². The number of carbonyl (C=O) groups is 3. The monoisotopic (exact) mass is 200 g/mol. The lowest BCUT2D eigenvalue weighted by molar-refractivity contribution is -0.138. The number of hydrogen-bond donors (Lipinski definition) is 2. The van der Waals surface area contributed by atoms with Crippen molar-refractivity contribution in [2.45, 2.75) is 20.8 Å². The average molecular weight is 200 g/mol. The molecule has 0 spiro atoms. The Morgan fingerprint density at radius 3 is 1.71 bits per heavy atom. The molecule has 0 bridgehead atoms. The predicted octanol–water partition coefficient (Wildman–Crippen LogP) is 0.697. The van der Waals surface area contributed by atoms with E-state index in [0.29, 0.717) is 6.08 Å². The second-order valence-electron chi connectivity index (χ2n) is 3.78. The Bertz CT molecular complexity index is 306. The summed E-state index contributed by atoms with van der Waals surface area (Å²) in [6.07, 6.45) is 0.413. The molecule has 0 fully saturated rings. The van der Waals surface area contributed by atoms with Crippen molar-refractivity contribution < 1.29 is 24.6 Å². The third-order valence-electron chi connectivity index (χ3n) is 1.42. The lowest BCUT2D eigenvalue weighted by Gasteiger charge is -2.16. The van der Waals surface area contributed by atoms with E-state index in [1.807, 2.05) is 0 Å². The van der Waals surface area contributed by atoms with Gasteiger partial charge in [0.1, 0.15) is 5.57 Å². The van der Waals surface area contributed by atoms with Crippen LogP contribution in [0, 0.1) is 5.41 Å². The van der Waals surface area contributed by atoms with Gasteiger partial charge in [-0.2, -0.15) is 0 Å². The summed E-state index contributed by atoms with van der Waals surface area (Å²) in [6, 6.07) is 0. The predicted molar refractivity (Wildman–Crippen MR) is 47.8 cm³/mol. The number of Topliss-reactive ketones (excluding diaryl/α,β-unsaturated/α-hetero) is 1. The second kappa shape index (κ2) is 4.04. The summed E-state index contributed by atoms with van der Waals surface area (Å²) >= 11 is 0. The lowest BCUT2D eigenvalue weighted by atomic mass is 9.86. The van der Waals surface area contributed by atoms with Crippen molar-refractivity contribution in [3.63, 3.8) is 0 Å². The largest absolute Gasteiger partial charge is 0.478 e. The van der Waals surface area contributed by atoms with Crippen LogP contribution in [-0.4, -0.2) is 27.9 Å². The first kappa shape index (κ1) is 12.3. The molecule has 0 aromatic heterocycles. The maximum absolute atomic E-state index is 11.4. The molecule has 0 rings (SSSR count). The highest BCUT2D eigenvalue weighted by Gasteiger charge is 2.29. The Kier molecular flexibility index (Phi) is 3.56. The smallest absolute Gasteiger partial charge is 0.339 e. The van der Waals surface area contributed by atoms with Crippen LogP contribution in [-0.2, 0) is 14.4 Å². The molecular weight excluding hydrogens is 188 g/mol.